The number of hydrogen-bond donors (Lipinski definition) is 2. The van der Waals surface area contributed by atoms with Crippen LogP contribution in [0.25, 0.3) is 0 Å². The Kier molecular flexibility index (Phi) is 3.19. The van der Waals surface area contributed by atoms with Crippen LogP contribution in [-0.4, -0.2) is 17.0 Å². The lowest BCUT2D eigenvalue weighted by Crippen LogP contribution is -2.52. The molecule has 3 rings (SSSR count). The number of nitrogens with one attached hydrogen (secondary N) is 1. The number of carboxylic acid groups (broad SMARTS) is 1. The SMILES string of the molecule is O=C(O)C1CC1C(=O)NC1(c2ccc(F)cc2F)CCC1. The summed E-state index contributed by atoms with van der Waals surface area (Å²) in [6.45, 7) is 0. The molecule has 6 heteroatoms. The van der Waals surface area contributed by atoms with Gasteiger partial charge in [-0.25, -0.2) is 8.78 Å². The molecule has 2 saturated carbocycles. The molecule has 0 saturated heterocycles. The van der Waals surface area contributed by atoms with E-state index in [9.17, 15) is 18.4 Å². The molecule has 1 amide bonds. The number of aliphatic carboxylic acids is 1. The van der Waals surface area contributed by atoms with E-state index in [4.69, 9.17) is 5.11 Å². The molecule has 2 N–H and O–H groups in total. The van der Waals surface area contributed by atoms with Gasteiger partial charge in [-0.15, -0.1) is 0 Å². The summed E-state index contributed by atoms with van der Waals surface area (Å²) in [5.74, 6) is -3.86. The third kappa shape index (κ3) is 2.39. The fourth-order valence-electron chi connectivity index (χ4n) is 2.96. The second kappa shape index (κ2) is 4.79. The van der Waals surface area contributed by atoms with Crippen LogP contribution in [0.5, 0.6) is 0 Å². The summed E-state index contributed by atoms with van der Waals surface area (Å²) < 4.78 is 27.0. The fraction of sp³-hybridized carbons (Fsp3) is 0.467. The Morgan fingerprint density at radius 2 is 1.95 bits per heavy atom. The Bertz CT molecular complexity index is 613. The molecule has 0 bridgehead atoms. The smallest absolute Gasteiger partial charge is 0.307 e. The highest BCUT2D eigenvalue weighted by atomic mass is 19.1. The Labute approximate surface area is 120 Å². The van der Waals surface area contributed by atoms with Crippen molar-refractivity contribution in [1.29, 1.82) is 0 Å². The standard InChI is InChI=1S/C15H15F2NO3/c16-8-2-3-11(12(17)6-8)15(4-1-5-15)18-13(19)9-7-10(9)14(20)21/h2-3,6,9-10H,1,4-5,7H2,(H,18,19)(H,20,21). The van der Waals surface area contributed by atoms with E-state index in [0.717, 1.165) is 12.5 Å². The largest absolute Gasteiger partial charge is 0.481 e. The van der Waals surface area contributed by atoms with E-state index >= 15 is 0 Å². The van der Waals surface area contributed by atoms with Crippen LogP contribution in [0.15, 0.2) is 18.2 Å². The minimum atomic E-state index is -0.981. The summed E-state index contributed by atoms with van der Waals surface area (Å²) in [4.78, 5) is 22.9. The van der Waals surface area contributed by atoms with Gasteiger partial charge >= 0.3 is 5.97 Å². The average molecular weight is 295 g/mol. The van der Waals surface area contributed by atoms with Gasteiger partial charge in [0.05, 0.1) is 17.4 Å². The monoisotopic (exact) mass is 295 g/mol. The van der Waals surface area contributed by atoms with E-state index in [1.165, 1.54) is 12.1 Å². The Balaban J connectivity index is 1.78. The molecule has 0 aliphatic heterocycles. The van der Waals surface area contributed by atoms with Gasteiger partial charge in [0.25, 0.3) is 0 Å². The number of amides is 1. The van der Waals surface area contributed by atoms with Gasteiger partial charge in [0.2, 0.25) is 5.91 Å². The van der Waals surface area contributed by atoms with E-state index in [2.05, 4.69) is 5.32 Å². The summed E-state index contributed by atoms with van der Waals surface area (Å²) in [5, 5.41) is 11.6. The summed E-state index contributed by atoms with van der Waals surface area (Å²) in [7, 11) is 0. The van der Waals surface area contributed by atoms with Crippen LogP contribution in [0.3, 0.4) is 0 Å². The maximum atomic E-state index is 14.0. The number of carboxylic acids is 1. The van der Waals surface area contributed by atoms with Crippen molar-refractivity contribution in [3.8, 4) is 0 Å². The van der Waals surface area contributed by atoms with Crippen molar-refractivity contribution in [2.75, 3.05) is 0 Å². The number of carbonyl (C=O) groups excluding carboxylic acids is 1. The highest BCUT2D eigenvalue weighted by molar-refractivity contribution is 5.90. The number of rotatable bonds is 4. The van der Waals surface area contributed by atoms with Gasteiger partial charge in [-0.05, 0) is 31.7 Å². The van der Waals surface area contributed by atoms with Gasteiger partial charge in [0, 0.05) is 11.6 Å². The van der Waals surface area contributed by atoms with Crippen molar-refractivity contribution in [2.45, 2.75) is 31.2 Å². The van der Waals surface area contributed by atoms with Crippen molar-refractivity contribution < 1.29 is 23.5 Å². The summed E-state index contributed by atoms with van der Waals surface area (Å²) in [5.41, 5.74) is -0.545. The summed E-state index contributed by atoms with van der Waals surface area (Å²) in [6.07, 6.45) is 2.31. The highest BCUT2D eigenvalue weighted by Gasteiger charge is 2.51. The van der Waals surface area contributed by atoms with E-state index in [1.807, 2.05) is 0 Å². The third-order valence-corrected chi connectivity index (χ3v) is 4.46. The molecule has 0 radical (unpaired) electrons. The second-order valence-corrected chi connectivity index (χ2v) is 5.84. The summed E-state index contributed by atoms with van der Waals surface area (Å²) in [6, 6.07) is 3.33. The number of carbonyl (C=O) groups is 2. The lowest BCUT2D eigenvalue weighted by atomic mass is 9.71. The predicted octanol–water partition coefficient (Wildman–Crippen LogP) is 2.18. The molecular formula is C15H15F2NO3. The molecule has 4 nitrogen and oxygen atoms in total. The highest BCUT2D eigenvalue weighted by Crippen LogP contribution is 2.45. The Morgan fingerprint density at radius 3 is 2.43 bits per heavy atom. The second-order valence-electron chi connectivity index (χ2n) is 5.84. The molecule has 2 atom stereocenters. The van der Waals surface area contributed by atoms with E-state index in [-0.39, 0.29) is 11.5 Å². The van der Waals surface area contributed by atoms with Gasteiger partial charge in [-0.2, -0.15) is 0 Å². The number of benzene rings is 1. The molecule has 2 aliphatic carbocycles. The van der Waals surface area contributed by atoms with Crippen LogP contribution < -0.4 is 5.32 Å². The van der Waals surface area contributed by atoms with Gasteiger partial charge < -0.3 is 10.4 Å². The van der Waals surface area contributed by atoms with Gasteiger partial charge in [0.15, 0.2) is 0 Å². The van der Waals surface area contributed by atoms with Crippen molar-refractivity contribution >= 4 is 11.9 Å². The molecule has 2 fully saturated rings. The quantitative estimate of drug-likeness (QED) is 0.894. The van der Waals surface area contributed by atoms with E-state index in [0.29, 0.717) is 19.3 Å². The Hall–Kier alpha value is -1.98. The van der Waals surface area contributed by atoms with Gasteiger partial charge in [-0.1, -0.05) is 6.07 Å². The topological polar surface area (TPSA) is 66.4 Å². The van der Waals surface area contributed by atoms with Crippen LogP contribution in [0, 0.1) is 23.5 Å². The molecule has 0 heterocycles. The zero-order valence-electron chi connectivity index (χ0n) is 11.2. The first-order valence-corrected chi connectivity index (χ1v) is 6.93. The molecular weight excluding hydrogens is 280 g/mol. The molecule has 112 valence electrons. The van der Waals surface area contributed by atoms with Crippen molar-refractivity contribution in [3.63, 3.8) is 0 Å². The molecule has 2 unspecified atom stereocenters. The number of hydrogen-bond acceptors (Lipinski definition) is 2. The normalized spacial score (nSPS) is 25.8. The molecule has 1 aromatic rings. The molecule has 21 heavy (non-hydrogen) atoms. The van der Waals surface area contributed by atoms with E-state index < -0.39 is 35.0 Å². The first kappa shape index (κ1) is 14.0. The van der Waals surface area contributed by atoms with Gasteiger partial charge in [0.1, 0.15) is 11.6 Å². The first-order valence-electron chi connectivity index (χ1n) is 6.93. The predicted molar refractivity (Wildman–Crippen MR) is 69.3 cm³/mol. The average Bonchev–Trinajstić information content (AvgIpc) is 3.14. The zero-order chi connectivity index (χ0) is 15.2. The van der Waals surface area contributed by atoms with Crippen LogP contribution in [0.2, 0.25) is 0 Å². The molecule has 2 aliphatic rings. The minimum absolute atomic E-state index is 0.274. The molecule has 0 spiro atoms. The number of halogens is 2. The van der Waals surface area contributed by atoms with Crippen LogP contribution >= 0.6 is 0 Å². The Morgan fingerprint density at radius 1 is 1.24 bits per heavy atom. The van der Waals surface area contributed by atoms with Crippen molar-refractivity contribution in [1.82, 2.24) is 5.32 Å². The lowest BCUT2D eigenvalue weighted by molar-refractivity contribution is -0.140. The van der Waals surface area contributed by atoms with Crippen LogP contribution in [-0.2, 0) is 15.1 Å². The maximum Gasteiger partial charge on any atom is 0.307 e. The maximum absolute atomic E-state index is 14.0. The van der Waals surface area contributed by atoms with Gasteiger partial charge in [-0.3, -0.25) is 9.59 Å². The molecule has 0 aromatic heterocycles. The fourth-order valence-corrected chi connectivity index (χ4v) is 2.96. The zero-order valence-corrected chi connectivity index (χ0v) is 11.2. The van der Waals surface area contributed by atoms with Crippen molar-refractivity contribution in [2.24, 2.45) is 11.8 Å². The third-order valence-electron chi connectivity index (χ3n) is 4.46. The van der Waals surface area contributed by atoms with E-state index in [1.54, 1.807) is 0 Å². The lowest BCUT2D eigenvalue weighted by Gasteiger charge is -2.43. The van der Waals surface area contributed by atoms with Crippen LogP contribution in [0.1, 0.15) is 31.2 Å². The van der Waals surface area contributed by atoms with Crippen LogP contribution in [0.4, 0.5) is 8.78 Å². The minimum Gasteiger partial charge on any atom is -0.481 e. The van der Waals surface area contributed by atoms with Crippen molar-refractivity contribution in [3.05, 3.63) is 35.4 Å². The first-order chi connectivity index (χ1) is 9.93. The molecule has 1 aromatic carbocycles. The summed E-state index contributed by atoms with van der Waals surface area (Å²) >= 11 is 0.